The highest BCUT2D eigenvalue weighted by Crippen LogP contribution is 2.55. The summed E-state index contributed by atoms with van der Waals surface area (Å²) in [4.78, 5) is 49.2. The first-order chi connectivity index (χ1) is 23.2. The van der Waals surface area contributed by atoms with Gasteiger partial charge in [-0.3, -0.25) is 19.3 Å². The molecule has 8 atom stereocenters. The van der Waals surface area contributed by atoms with E-state index < -0.39 is 29.6 Å². The van der Waals surface area contributed by atoms with Crippen molar-refractivity contribution in [3.05, 3.63) is 77.3 Å². The number of ether oxygens (including phenoxy) is 1. The number of amides is 3. The second kappa shape index (κ2) is 13.9. The Morgan fingerprint density at radius 3 is 2.50 bits per heavy atom. The lowest BCUT2D eigenvalue weighted by molar-refractivity contribution is -0.141. The predicted molar refractivity (Wildman–Crippen MR) is 186 cm³/mol. The van der Waals surface area contributed by atoms with Crippen LogP contribution in [-0.2, 0) is 25.7 Å². The monoisotopic (exact) mass is 673 g/mol. The van der Waals surface area contributed by atoms with E-state index in [1.807, 2.05) is 18.2 Å². The first-order valence-corrected chi connectivity index (χ1v) is 18.1. The van der Waals surface area contributed by atoms with Gasteiger partial charge in [-0.2, -0.15) is 0 Å². The number of anilines is 1. The summed E-state index contributed by atoms with van der Waals surface area (Å²) in [5, 5.41) is 6.83. The molecule has 2 bridgehead atoms. The Labute approximate surface area is 289 Å². The van der Waals surface area contributed by atoms with Crippen LogP contribution in [0.15, 0.2) is 66.7 Å². The van der Waals surface area contributed by atoms with E-state index in [1.54, 1.807) is 29.2 Å². The SMILES string of the molecule is C[C@@H]1[C@H](C)CCC[C@@H]1NC(=O)[C@@H]1N(CCCN2CCN(Cc3ccccc3)CC2)C(=O)[C@H]2[C@@H](C(=O)Nc3cccc(Cl)c3)[C@H]3C=C[C@@]12O3. The van der Waals surface area contributed by atoms with Gasteiger partial charge in [0.25, 0.3) is 0 Å². The zero-order valence-corrected chi connectivity index (χ0v) is 28.8. The van der Waals surface area contributed by atoms with Crippen LogP contribution in [0.5, 0.6) is 0 Å². The van der Waals surface area contributed by atoms with Crippen LogP contribution in [0, 0.1) is 23.7 Å². The molecule has 7 rings (SSSR count). The fourth-order valence-corrected chi connectivity index (χ4v) is 9.01. The third-order valence-corrected chi connectivity index (χ3v) is 11.9. The summed E-state index contributed by atoms with van der Waals surface area (Å²) in [5.74, 6) is -1.30. The van der Waals surface area contributed by atoms with Crippen molar-refractivity contribution in [2.75, 3.05) is 44.6 Å². The van der Waals surface area contributed by atoms with Gasteiger partial charge in [-0.15, -0.1) is 0 Å². The molecule has 5 aliphatic rings. The summed E-state index contributed by atoms with van der Waals surface area (Å²) < 4.78 is 6.57. The van der Waals surface area contributed by atoms with Crippen molar-refractivity contribution >= 4 is 35.0 Å². The van der Waals surface area contributed by atoms with E-state index in [-0.39, 0.29) is 23.8 Å². The number of halogens is 1. The van der Waals surface area contributed by atoms with Gasteiger partial charge in [0, 0.05) is 56.0 Å². The van der Waals surface area contributed by atoms with Crippen LogP contribution in [0.1, 0.15) is 45.1 Å². The largest absolute Gasteiger partial charge is 0.359 e. The highest BCUT2D eigenvalue weighted by molar-refractivity contribution is 6.30. The lowest BCUT2D eigenvalue weighted by Gasteiger charge is -2.38. The minimum absolute atomic E-state index is 0.0466. The van der Waals surface area contributed by atoms with Crippen molar-refractivity contribution < 1.29 is 19.1 Å². The molecule has 4 fully saturated rings. The van der Waals surface area contributed by atoms with Crippen molar-refractivity contribution in [2.24, 2.45) is 23.7 Å². The third-order valence-electron chi connectivity index (χ3n) is 11.6. The number of hydrogen-bond donors (Lipinski definition) is 2. The molecule has 9 nitrogen and oxygen atoms in total. The summed E-state index contributed by atoms with van der Waals surface area (Å²) in [6.45, 7) is 10.6. The number of rotatable bonds is 10. The summed E-state index contributed by atoms with van der Waals surface area (Å²) >= 11 is 6.18. The molecule has 1 spiro atoms. The number of carbonyl (C=O) groups excluding carboxylic acids is 3. The molecule has 2 aromatic carbocycles. The maximum atomic E-state index is 14.4. The topological polar surface area (TPSA) is 94.2 Å². The Hall–Kier alpha value is -3.24. The van der Waals surface area contributed by atoms with Crippen LogP contribution in [-0.4, -0.2) is 95.5 Å². The van der Waals surface area contributed by atoms with E-state index >= 15 is 0 Å². The van der Waals surface area contributed by atoms with Crippen molar-refractivity contribution in [3.8, 4) is 0 Å². The number of carbonyl (C=O) groups is 3. The molecule has 1 saturated carbocycles. The zero-order valence-electron chi connectivity index (χ0n) is 28.0. The molecule has 48 heavy (non-hydrogen) atoms. The van der Waals surface area contributed by atoms with Crippen molar-refractivity contribution in [1.82, 2.24) is 20.0 Å². The second-order valence-corrected chi connectivity index (χ2v) is 15.0. The Kier molecular flexibility index (Phi) is 9.66. The summed E-state index contributed by atoms with van der Waals surface area (Å²) in [6, 6.07) is 16.8. The number of fused-ring (bicyclic) bond motifs is 1. The highest BCUT2D eigenvalue weighted by Gasteiger charge is 2.72. The normalized spacial score (nSPS) is 33.2. The zero-order chi connectivity index (χ0) is 33.4. The summed E-state index contributed by atoms with van der Waals surface area (Å²) in [6.07, 6.45) is 7.08. The molecule has 3 saturated heterocycles. The minimum Gasteiger partial charge on any atom is -0.359 e. The number of nitrogens with one attached hydrogen (secondary N) is 2. The lowest BCUT2D eigenvalue weighted by atomic mass is 9.73. The van der Waals surface area contributed by atoms with E-state index in [0.29, 0.717) is 29.1 Å². The van der Waals surface area contributed by atoms with Crippen molar-refractivity contribution in [1.29, 1.82) is 0 Å². The maximum absolute atomic E-state index is 14.4. The van der Waals surface area contributed by atoms with E-state index in [9.17, 15) is 14.4 Å². The molecule has 4 aliphatic heterocycles. The number of nitrogens with zero attached hydrogens (tertiary/aromatic N) is 3. The van der Waals surface area contributed by atoms with E-state index in [4.69, 9.17) is 16.3 Å². The van der Waals surface area contributed by atoms with E-state index in [2.05, 4.69) is 58.5 Å². The highest BCUT2D eigenvalue weighted by atomic mass is 35.5. The number of benzene rings is 2. The molecule has 0 aromatic heterocycles. The first-order valence-electron chi connectivity index (χ1n) is 17.8. The molecule has 0 unspecified atom stereocenters. The fraction of sp³-hybridized carbons (Fsp3) is 0.553. The molecule has 1 aliphatic carbocycles. The summed E-state index contributed by atoms with van der Waals surface area (Å²) in [7, 11) is 0. The van der Waals surface area contributed by atoms with Crippen molar-refractivity contribution in [2.45, 2.75) is 69.9 Å². The molecule has 0 radical (unpaired) electrons. The standard InChI is InChI=1S/C38H48ClN5O4/c1-25-9-6-14-30(26(25)2)41-36(46)34-38-16-15-31(48-38)32(35(45)40-29-13-7-12-28(39)23-29)33(38)37(47)44(34)18-8-17-42-19-21-43(22-20-42)24-27-10-4-3-5-11-27/h3-5,7,10-13,15-16,23,25-26,30-34H,6,8-9,14,17-22,24H2,1-2H3,(H,40,45)(H,41,46)/t25-,26-,30+,31-,32+,33-,34+,38+/m1/s1. The molecule has 2 N–H and O–H groups in total. The van der Waals surface area contributed by atoms with Crippen LogP contribution < -0.4 is 10.6 Å². The Morgan fingerprint density at radius 2 is 1.73 bits per heavy atom. The van der Waals surface area contributed by atoms with Gasteiger partial charge in [-0.1, -0.05) is 86.8 Å². The van der Waals surface area contributed by atoms with Gasteiger partial charge in [0.15, 0.2) is 0 Å². The Bertz CT molecular complexity index is 1530. The maximum Gasteiger partial charge on any atom is 0.246 e. The van der Waals surface area contributed by atoms with Gasteiger partial charge in [-0.05, 0) is 55.0 Å². The van der Waals surface area contributed by atoms with Crippen LogP contribution in [0.25, 0.3) is 0 Å². The predicted octanol–water partition coefficient (Wildman–Crippen LogP) is 4.58. The first kappa shape index (κ1) is 33.3. The smallest absolute Gasteiger partial charge is 0.246 e. The Morgan fingerprint density at radius 1 is 0.958 bits per heavy atom. The number of piperazine rings is 1. The third kappa shape index (κ3) is 6.42. The van der Waals surface area contributed by atoms with Crippen LogP contribution >= 0.6 is 11.6 Å². The molecule has 2 aromatic rings. The van der Waals surface area contributed by atoms with E-state index in [0.717, 1.165) is 65.0 Å². The van der Waals surface area contributed by atoms with Gasteiger partial charge >= 0.3 is 0 Å². The van der Waals surface area contributed by atoms with Gasteiger partial charge in [0.1, 0.15) is 11.6 Å². The van der Waals surface area contributed by atoms with Gasteiger partial charge in [0.2, 0.25) is 17.7 Å². The lowest BCUT2D eigenvalue weighted by Crippen LogP contribution is -2.58. The molecule has 4 heterocycles. The fourth-order valence-electron chi connectivity index (χ4n) is 8.82. The van der Waals surface area contributed by atoms with Crippen LogP contribution in [0.4, 0.5) is 5.69 Å². The summed E-state index contributed by atoms with van der Waals surface area (Å²) in [5.41, 5.74) is 0.721. The average molecular weight is 674 g/mol. The van der Waals surface area contributed by atoms with Gasteiger partial charge < -0.3 is 25.2 Å². The second-order valence-electron chi connectivity index (χ2n) is 14.6. The minimum atomic E-state index is -1.17. The molecule has 256 valence electrons. The van der Waals surface area contributed by atoms with Crippen LogP contribution in [0.2, 0.25) is 5.02 Å². The Balaban J connectivity index is 1.06. The van der Waals surface area contributed by atoms with Gasteiger partial charge in [0.05, 0.1) is 17.9 Å². The van der Waals surface area contributed by atoms with Gasteiger partial charge in [-0.25, -0.2) is 0 Å². The quantitative estimate of drug-likeness (QED) is 0.359. The van der Waals surface area contributed by atoms with E-state index in [1.165, 1.54) is 5.56 Å². The molecule has 3 amide bonds. The molecule has 10 heteroatoms. The van der Waals surface area contributed by atoms with Crippen molar-refractivity contribution in [3.63, 3.8) is 0 Å². The average Bonchev–Trinajstić information content (AvgIpc) is 3.72. The van der Waals surface area contributed by atoms with Crippen LogP contribution in [0.3, 0.4) is 0 Å². The molecular formula is C38H48ClN5O4. The number of likely N-dealkylation sites (tertiary alicyclic amines) is 1. The number of hydrogen-bond acceptors (Lipinski definition) is 6. The molecular weight excluding hydrogens is 626 g/mol.